The van der Waals surface area contributed by atoms with Gasteiger partial charge in [-0.2, -0.15) is 0 Å². The first-order valence-corrected chi connectivity index (χ1v) is 16.6. The first-order valence-electron chi connectivity index (χ1n) is 16.6. The maximum atomic E-state index is 2.55. The van der Waals surface area contributed by atoms with E-state index in [1.807, 2.05) is 13.8 Å². The SMILES string of the molecule is CC.CCCCC(C)CCCC(CCCC)C(C1CCC(C)C1)C(CCCC)C1CCCCC1. The van der Waals surface area contributed by atoms with Crippen molar-refractivity contribution in [1.82, 2.24) is 0 Å². The lowest BCUT2D eigenvalue weighted by molar-refractivity contribution is 0.0596. The summed E-state index contributed by atoms with van der Waals surface area (Å²) in [6, 6.07) is 0. The highest BCUT2D eigenvalue weighted by Crippen LogP contribution is 2.50. The summed E-state index contributed by atoms with van der Waals surface area (Å²) in [4.78, 5) is 0. The maximum Gasteiger partial charge on any atom is -0.0326 e. The van der Waals surface area contributed by atoms with Crippen LogP contribution >= 0.6 is 0 Å². The van der Waals surface area contributed by atoms with E-state index in [0.717, 1.165) is 41.4 Å². The molecule has 2 fully saturated rings. The maximum absolute atomic E-state index is 2.55. The van der Waals surface area contributed by atoms with Gasteiger partial charge in [0.15, 0.2) is 0 Å². The molecule has 0 nitrogen and oxygen atoms in total. The van der Waals surface area contributed by atoms with Gasteiger partial charge in [0.2, 0.25) is 0 Å². The Labute approximate surface area is 218 Å². The zero-order valence-electron chi connectivity index (χ0n) is 25.2. The van der Waals surface area contributed by atoms with Crippen LogP contribution in [0.5, 0.6) is 0 Å². The van der Waals surface area contributed by atoms with Crippen molar-refractivity contribution in [2.75, 3.05) is 0 Å². The predicted molar refractivity (Wildman–Crippen MR) is 156 cm³/mol. The Hall–Kier alpha value is 0. The lowest BCUT2D eigenvalue weighted by atomic mass is 9.62. The molecule has 0 saturated heterocycles. The van der Waals surface area contributed by atoms with Gasteiger partial charge in [0, 0.05) is 0 Å². The van der Waals surface area contributed by atoms with E-state index < -0.39 is 0 Å². The standard InChI is InChI=1S/C32H62.C2H6/c1-6-9-16-26(4)17-15-21-29(18-10-7-2)32(30-24-23-27(5)25-30)31(22-11-8-3)28-19-13-12-14-20-28;1-2/h26-32H,6-25H2,1-5H3;1-2H3. The van der Waals surface area contributed by atoms with Gasteiger partial charge in [0.1, 0.15) is 0 Å². The van der Waals surface area contributed by atoms with Gasteiger partial charge in [-0.1, -0.05) is 158 Å². The Morgan fingerprint density at radius 3 is 1.76 bits per heavy atom. The third-order valence-electron chi connectivity index (χ3n) is 9.72. The minimum atomic E-state index is 0.945. The summed E-state index contributed by atoms with van der Waals surface area (Å²) >= 11 is 0. The number of unbranched alkanes of at least 4 members (excludes halogenated alkanes) is 3. The van der Waals surface area contributed by atoms with Crippen molar-refractivity contribution in [3.05, 3.63) is 0 Å². The van der Waals surface area contributed by atoms with Crippen molar-refractivity contribution in [3.8, 4) is 0 Å². The van der Waals surface area contributed by atoms with Crippen LogP contribution in [0.2, 0.25) is 0 Å². The summed E-state index contributed by atoms with van der Waals surface area (Å²) in [7, 11) is 0. The highest BCUT2D eigenvalue weighted by molar-refractivity contribution is 4.90. The van der Waals surface area contributed by atoms with Crippen LogP contribution in [-0.4, -0.2) is 0 Å². The molecule has 0 amide bonds. The summed E-state index contributed by atoms with van der Waals surface area (Å²) in [5.41, 5.74) is 0. The van der Waals surface area contributed by atoms with Gasteiger partial charge < -0.3 is 0 Å². The molecule has 0 aliphatic heterocycles. The van der Waals surface area contributed by atoms with Gasteiger partial charge in [0.25, 0.3) is 0 Å². The van der Waals surface area contributed by atoms with Crippen molar-refractivity contribution in [3.63, 3.8) is 0 Å². The number of hydrogen-bond donors (Lipinski definition) is 0. The van der Waals surface area contributed by atoms with E-state index in [9.17, 15) is 0 Å². The zero-order chi connectivity index (χ0) is 25.2. The van der Waals surface area contributed by atoms with Gasteiger partial charge in [-0.25, -0.2) is 0 Å². The second kappa shape index (κ2) is 20.1. The zero-order valence-corrected chi connectivity index (χ0v) is 25.2. The lowest BCUT2D eigenvalue weighted by Crippen LogP contribution is -2.35. The highest BCUT2D eigenvalue weighted by atomic mass is 14.5. The van der Waals surface area contributed by atoms with Crippen LogP contribution in [0.4, 0.5) is 0 Å². The van der Waals surface area contributed by atoms with Crippen molar-refractivity contribution in [1.29, 1.82) is 0 Å². The van der Waals surface area contributed by atoms with Crippen LogP contribution in [0.3, 0.4) is 0 Å². The molecule has 34 heavy (non-hydrogen) atoms. The van der Waals surface area contributed by atoms with Crippen molar-refractivity contribution in [2.45, 2.75) is 177 Å². The van der Waals surface area contributed by atoms with Crippen LogP contribution < -0.4 is 0 Å². The third kappa shape index (κ3) is 11.8. The van der Waals surface area contributed by atoms with E-state index in [2.05, 4.69) is 34.6 Å². The topological polar surface area (TPSA) is 0 Å². The molecule has 2 rings (SSSR count). The van der Waals surface area contributed by atoms with Crippen molar-refractivity contribution >= 4 is 0 Å². The molecular weight excluding hydrogens is 408 g/mol. The average Bonchev–Trinajstić information content (AvgIpc) is 3.30. The Kier molecular flexibility index (Phi) is 18.9. The van der Waals surface area contributed by atoms with Crippen molar-refractivity contribution in [2.24, 2.45) is 41.4 Å². The Morgan fingerprint density at radius 1 is 0.618 bits per heavy atom. The van der Waals surface area contributed by atoms with Crippen molar-refractivity contribution < 1.29 is 0 Å². The fourth-order valence-electron chi connectivity index (χ4n) is 7.85. The van der Waals surface area contributed by atoms with E-state index in [1.165, 1.54) is 89.9 Å². The predicted octanol–water partition coefficient (Wildman–Crippen LogP) is 12.3. The Bertz CT molecular complexity index is 433. The summed E-state index contributed by atoms with van der Waals surface area (Å²) in [6.45, 7) is 16.3. The molecule has 2 saturated carbocycles. The van der Waals surface area contributed by atoms with Crippen LogP contribution in [0.25, 0.3) is 0 Å². The van der Waals surface area contributed by atoms with Gasteiger partial charge in [-0.15, -0.1) is 0 Å². The van der Waals surface area contributed by atoms with Gasteiger partial charge in [-0.05, 0) is 60.7 Å². The lowest BCUT2D eigenvalue weighted by Gasteiger charge is -2.44. The normalized spacial score (nSPS) is 24.8. The molecule has 2 aliphatic rings. The van der Waals surface area contributed by atoms with E-state index >= 15 is 0 Å². The van der Waals surface area contributed by atoms with Gasteiger partial charge in [0.05, 0.1) is 0 Å². The smallest absolute Gasteiger partial charge is 0.0326 e. The monoisotopic (exact) mass is 477 g/mol. The Balaban J connectivity index is 0.00000281. The molecule has 2 aliphatic carbocycles. The second-order valence-electron chi connectivity index (χ2n) is 12.5. The molecule has 0 aromatic carbocycles. The van der Waals surface area contributed by atoms with Crippen LogP contribution in [-0.2, 0) is 0 Å². The third-order valence-corrected chi connectivity index (χ3v) is 9.72. The minimum absolute atomic E-state index is 0.945. The molecule has 0 heteroatoms. The highest BCUT2D eigenvalue weighted by Gasteiger charge is 2.41. The molecule has 0 aromatic heterocycles. The summed E-state index contributed by atoms with van der Waals surface area (Å²) in [6.07, 6.45) is 29.9. The van der Waals surface area contributed by atoms with E-state index in [4.69, 9.17) is 0 Å². The molecule has 204 valence electrons. The molecule has 0 N–H and O–H groups in total. The first-order chi connectivity index (χ1) is 16.6. The molecule has 0 aromatic rings. The summed E-state index contributed by atoms with van der Waals surface area (Å²) < 4.78 is 0. The summed E-state index contributed by atoms with van der Waals surface area (Å²) in [5.74, 6) is 7.16. The van der Waals surface area contributed by atoms with Crippen LogP contribution in [0, 0.1) is 41.4 Å². The number of rotatable bonds is 17. The largest absolute Gasteiger partial charge is 0.0683 e. The first kappa shape index (κ1) is 32.0. The molecule has 0 radical (unpaired) electrons. The second-order valence-corrected chi connectivity index (χ2v) is 12.5. The molecule has 0 spiro atoms. The molecule has 0 bridgehead atoms. The molecule has 6 unspecified atom stereocenters. The van der Waals surface area contributed by atoms with Crippen LogP contribution in [0.15, 0.2) is 0 Å². The van der Waals surface area contributed by atoms with Gasteiger partial charge >= 0.3 is 0 Å². The van der Waals surface area contributed by atoms with E-state index in [-0.39, 0.29) is 0 Å². The van der Waals surface area contributed by atoms with Gasteiger partial charge in [-0.3, -0.25) is 0 Å². The number of hydrogen-bond acceptors (Lipinski definition) is 0. The Morgan fingerprint density at radius 2 is 1.18 bits per heavy atom. The fourth-order valence-corrected chi connectivity index (χ4v) is 7.85. The molecular formula is C34H68. The van der Waals surface area contributed by atoms with Crippen LogP contribution in [0.1, 0.15) is 177 Å². The molecule has 0 heterocycles. The quantitative estimate of drug-likeness (QED) is 0.196. The summed E-state index contributed by atoms with van der Waals surface area (Å²) in [5, 5.41) is 0. The minimum Gasteiger partial charge on any atom is -0.0683 e. The fraction of sp³-hybridized carbons (Fsp3) is 1.00. The average molecular weight is 477 g/mol. The van der Waals surface area contributed by atoms with E-state index in [1.54, 1.807) is 38.5 Å². The van der Waals surface area contributed by atoms with E-state index in [0.29, 0.717) is 0 Å². The molecule has 6 atom stereocenters.